The van der Waals surface area contributed by atoms with Crippen molar-refractivity contribution in [3.05, 3.63) is 71.0 Å². The zero-order chi connectivity index (χ0) is 21.2. The van der Waals surface area contributed by atoms with E-state index in [1.54, 1.807) is 0 Å². The normalized spacial score (nSPS) is 12.5. The first-order chi connectivity index (χ1) is 13.6. The Balaban J connectivity index is 1.83. The monoisotopic (exact) mass is 412 g/mol. The average Bonchev–Trinajstić information content (AvgIpc) is 2.66. The lowest BCUT2D eigenvalue weighted by Crippen LogP contribution is -2.25. The van der Waals surface area contributed by atoms with Gasteiger partial charge in [-0.25, -0.2) is 15.4 Å². The number of halogens is 6. The first kappa shape index (κ1) is 20.2. The molecule has 11 heteroatoms. The van der Waals surface area contributed by atoms with Gasteiger partial charge in [0, 0.05) is 0 Å². The van der Waals surface area contributed by atoms with Crippen molar-refractivity contribution < 1.29 is 31.1 Å². The SMILES string of the molecule is O=C(N/N=C\c1ccc(C(F)(F)F)cc1)c1nc2ccccc2nc1C(F)(F)F. The number of hydrogen-bond donors (Lipinski definition) is 1. The maximum absolute atomic E-state index is 13.2. The van der Waals surface area contributed by atoms with E-state index in [9.17, 15) is 31.1 Å². The fraction of sp³-hybridized carbons (Fsp3) is 0.111. The number of alkyl halides is 6. The number of para-hydroxylation sites is 2. The third-order valence-electron chi connectivity index (χ3n) is 3.67. The smallest absolute Gasteiger partial charge is 0.265 e. The lowest BCUT2D eigenvalue weighted by molar-refractivity contribution is -0.141. The zero-order valence-electron chi connectivity index (χ0n) is 14.2. The fourth-order valence-corrected chi connectivity index (χ4v) is 2.33. The summed E-state index contributed by atoms with van der Waals surface area (Å²) in [6, 6.07) is 9.51. The van der Waals surface area contributed by atoms with Crippen LogP contribution < -0.4 is 5.43 Å². The first-order valence-electron chi connectivity index (χ1n) is 7.90. The summed E-state index contributed by atoms with van der Waals surface area (Å²) in [5.74, 6) is -1.27. The molecule has 5 nitrogen and oxygen atoms in total. The van der Waals surface area contributed by atoms with Gasteiger partial charge >= 0.3 is 12.4 Å². The Morgan fingerprint density at radius 1 is 0.862 bits per heavy atom. The minimum atomic E-state index is -4.93. The van der Waals surface area contributed by atoms with E-state index >= 15 is 0 Å². The van der Waals surface area contributed by atoms with Gasteiger partial charge in [-0.2, -0.15) is 31.4 Å². The molecule has 0 aliphatic carbocycles. The molecule has 1 amide bonds. The topological polar surface area (TPSA) is 67.2 Å². The molecule has 1 aromatic heterocycles. The number of nitrogens with zero attached hydrogens (tertiary/aromatic N) is 3. The third-order valence-corrected chi connectivity index (χ3v) is 3.67. The van der Waals surface area contributed by atoms with E-state index in [0.717, 1.165) is 30.5 Å². The molecule has 0 aliphatic heterocycles. The summed E-state index contributed by atoms with van der Waals surface area (Å²) in [5, 5.41) is 3.47. The highest BCUT2D eigenvalue weighted by molar-refractivity contribution is 5.96. The van der Waals surface area contributed by atoms with Crippen LogP contribution in [0.4, 0.5) is 26.3 Å². The number of nitrogens with one attached hydrogen (secondary N) is 1. The molecule has 0 saturated carbocycles. The van der Waals surface area contributed by atoms with Crippen LogP contribution in [0.15, 0.2) is 53.6 Å². The van der Waals surface area contributed by atoms with Crippen LogP contribution in [0, 0.1) is 0 Å². The molecule has 150 valence electrons. The van der Waals surface area contributed by atoms with E-state index < -0.39 is 35.2 Å². The lowest BCUT2D eigenvalue weighted by Gasteiger charge is -2.11. The largest absolute Gasteiger partial charge is 0.435 e. The summed E-state index contributed by atoms with van der Waals surface area (Å²) >= 11 is 0. The number of hydrogen-bond acceptors (Lipinski definition) is 4. The summed E-state index contributed by atoms with van der Waals surface area (Å²) in [6.45, 7) is 0. The number of carbonyl (C=O) groups is 1. The minimum absolute atomic E-state index is 0.0374. The minimum Gasteiger partial charge on any atom is -0.265 e. The van der Waals surface area contributed by atoms with Crippen molar-refractivity contribution in [3.8, 4) is 0 Å². The van der Waals surface area contributed by atoms with E-state index in [-0.39, 0.29) is 16.6 Å². The molecule has 29 heavy (non-hydrogen) atoms. The van der Waals surface area contributed by atoms with Crippen LogP contribution in [0.2, 0.25) is 0 Å². The van der Waals surface area contributed by atoms with Gasteiger partial charge in [-0.3, -0.25) is 4.79 Å². The second kappa shape index (κ2) is 7.49. The molecule has 0 atom stereocenters. The van der Waals surface area contributed by atoms with Crippen LogP contribution in [0.25, 0.3) is 11.0 Å². The van der Waals surface area contributed by atoms with Crippen LogP contribution in [-0.4, -0.2) is 22.1 Å². The van der Waals surface area contributed by atoms with Gasteiger partial charge in [-0.1, -0.05) is 24.3 Å². The quantitative estimate of drug-likeness (QED) is 0.393. The van der Waals surface area contributed by atoms with Gasteiger partial charge in [-0.05, 0) is 29.8 Å². The Kier molecular flexibility index (Phi) is 5.23. The highest BCUT2D eigenvalue weighted by atomic mass is 19.4. The van der Waals surface area contributed by atoms with Crippen LogP contribution in [-0.2, 0) is 12.4 Å². The van der Waals surface area contributed by atoms with Gasteiger partial charge in [0.15, 0.2) is 11.4 Å². The molecule has 0 radical (unpaired) electrons. The Bertz CT molecular complexity index is 1070. The fourth-order valence-electron chi connectivity index (χ4n) is 2.33. The summed E-state index contributed by atoms with van der Waals surface area (Å²) in [4.78, 5) is 19.3. The van der Waals surface area contributed by atoms with Crippen molar-refractivity contribution in [1.29, 1.82) is 0 Å². The molecule has 3 aromatic rings. The van der Waals surface area contributed by atoms with Crippen molar-refractivity contribution >= 4 is 23.2 Å². The predicted molar refractivity (Wildman–Crippen MR) is 91.0 cm³/mol. The van der Waals surface area contributed by atoms with Crippen molar-refractivity contribution in [3.63, 3.8) is 0 Å². The molecule has 0 aliphatic rings. The molecule has 1 heterocycles. The van der Waals surface area contributed by atoms with Gasteiger partial charge in [0.05, 0.1) is 22.8 Å². The molecule has 3 rings (SSSR count). The van der Waals surface area contributed by atoms with E-state index in [2.05, 4.69) is 15.1 Å². The van der Waals surface area contributed by atoms with Gasteiger partial charge in [0.25, 0.3) is 5.91 Å². The second-order valence-corrected chi connectivity index (χ2v) is 5.73. The Hall–Kier alpha value is -3.50. The van der Waals surface area contributed by atoms with E-state index in [1.807, 2.05) is 5.43 Å². The highest BCUT2D eigenvalue weighted by Crippen LogP contribution is 2.31. The summed E-state index contributed by atoms with van der Waals surface area (Å²) < 4.78 is 77.3. The highest BCUT2D eigenvalue weighted by Gasteiger charge is 2.39. The molecule has 1 N–H and O–H groups in total. The first-order valence-corrected chi connectivity index (χ1v) is 7.90. The molecule has 0 unspecified atom stereocenters. The predicted octanol–water partition coefficient (Wildman–Crippen LogP) is 4.43. The standard InChI is InChI=1S/C18H10F6N4O/c19-17(20,21)11-7-5-10(6-8-11)9-25-28-16(29)14-15(18(22,23)24)27-13-4-2-1-3-12(13)26-14/h1-9H,(H,28,29)/b25-9-. The Labute approximate surface area is 159 Å². The van der Waals surface area contributed by atoms with Crippen LogP contribution in [0.5, 0.6) is 0 Å². The molecule has 0 fully saturated rings. The van der Waals surface area contributed by atoms with Crippen LogP contribution in [0.3, 0.4) is 0 Å². The maximum Gasteiger partial charge on any atom is 0.435 e. The number of rotatable bonds is 3. The second-order valence-electron chi connectivity index (χ2n) is 5.73. The summed E-state index contributed by atoms with van der Waals surface area (Å²) in [5.41, 5.74) is -1.21. The van der Waals surface area contributed by atoms with E-state index in [4.69, 9.17) is 0 Å². The molecular weight excluding hydrogens is 402 g/mol. The van der Waals surface area contributed by atoms with Crippen molar-refractivity contribution in [2.75, 3.05) is 0 Å². The molecular formula is C18H10F6N4O. The van der Waals surface area contributed by atoms with Gasteiger partial charge in [0.2, 0.25) is 0 Å². The Morgan fingerprint density at radius 2 is 1.45 bits per heavy atom. The summed E-state index contributed by atoms with van der Waals surface area (Å²) in [6.07, 6.45) is -8.45. The number of aromatic nitrogens is 2. The van der Waals surface area contributed by atoms with E-state index in [1.165, 1.54) is 24.3 Å². The maximum atomic E-state index is 13.2. The summed E-state index contributed by atoms with van der Waals surface area (Å²) in [7, 11) is 0. The van der Waals surface area contributed by atoms with Gasteiger partial charge in [0.1, 0.15) is 0 Å². The van der Waals surface area contributed by atoms with E-state index in [0.29, 0.717) is 0 Å². The number of fused-ring (bicyclic) bond motifs is 1. The van der Waals surface area contributed by atoms with Crippen molar-refractivity contribution in [2.24, 2.45) is 5.10 Å². The van der Waals surface area contributed by atoms with Gasteiger partial charge < -0.3 is 0 Å². The van der Waals surface area contributed by atoms with Gasteiger partial charge in [-0.15, -0.1) is 0 Å². The third kappa shape index (κ3) is 4.68. The lowest BCUT2D eigenvalue weighted by atomic mass is 10.1. The number of carbonyl (C=O) groups excluding carboxylic acids is 1. The zero-order valence-corrected chi connectivity index (χ0v) is 14.2. The molecule has 0 bridgehead atoms. The van der Waals surface area contributed by atoms with Crippen LogP contribution in [0.1, 0.15) is 27.3 Å². The molecule has 0 spiro atoms. The molecule has 2 aromatic carbocycles. The van der Waals surface area contributed by atoms with Crippen molar-refractivity contribution in [2.45, 2.75) is 12.4 Å². The average molecular weight is 412 g/mol. The molecule has 0 saturated heterocycles. The van der Waals surface area contributed by atoms with Crippen LogP contribution >= 0.6 is 0 Å². The number of benzene rings is 2. The van der Waals surface area contributed by atoms with Crippen molar-refractivity contribution in [1.82, 2.24) is 15.4 Å². The Morgan fingerprint density at radius 3 is 2.00 bits per heavy atom. The number of hydrazone groups is 1. The number of amides is 1.